The zero-order chi connectivity index (χ0) is 17.1. The zero-order valence-electron chi connectivity index (χ0n) is 13.9. The molecule has 3 N–H and O–H groups in total. The summed E-state index contributed by atoms with van der Waals surface area (Å²) in [7, 11) is 0. The van der Waals surface area contributed by atoms with Crippen molar-refractivity contribution in [3.63, 3.8) is 0 Å². The van der Waals surface area contributed by atoms with E-state index >= 15 is 0 Å². The molecule has 1 aliphatic heterocycles. The molecule has 0 spiro atoms. The number of nitrogens with zero attached hydrogens (tertiary/aromatic N) is 1. The summed E-state index contributed by atoms with van der Waals surface area (Å²) < 4.78 is 0.942. The molecule has 0 saturated carbocycles. The van der Waals surface area contributed by atoms with Gasteiger partial charge in [0, 0.05) is 18.0 Å². The molecule has 1 unspecified atom stereocenters. The van der Waals surface area contributed by atoms with Crippen LogP contribution in [0.2, 0.25) is 0 Å². The van der Waals surface area contributed by atoms with Gasteiger partial charge in [-0.3, -0.25) is 9.59 Å². The van der Waals surface area contributed by atoms with Crippen LogP contribution in [0.3, 0.4) is 0 Å². The summed E-state index contributed by atoms with van der Waals surface area (Å²) in [6.07, 6.45) is 1.30. The molecule has 1 atom stereocenters. The lowest BCUT2D eigenvalue weighted by Gasteiger charge is -2.31. The van der Waals surface area contributed by atoms with Crippen LogP contribution < -0.4 is 16.0 Å². The topological polar surface area (TPSA) is 83.1 Å². The summed E-state index contributed by atoms with van der Waals surface area (Å²) >= 11 is 1.42. The molecule has 1 saturated heterocycles. The Labute approximate surface area is 145 Å². The molecule has 128 valence electrons. The predicted octanol–water partition coefficient (Wildman–Crippen LogP) is 2.83. The first kappa shape index (κ1) is 16.9. The third-order valence-electron chi connectivity index (χ3n) is 4.31. The normalized spacial score (nSPS) is 15.8. The van der Waals surface area contributed by atoms with Gasteiger partial charge < -0.3 is 16.0 Å². The Morgan fingerprint density at radius 3 is 2.83 bits per heavy atom. The molecule has 2 heterocycles. The summed E-state index contributed by atoms with van der Waals surface area (Å²) in [6.45, 7) is 5.74. The molecule has 1 aromatic heterocycles. The molecule has 1 fully saturated rings. The highest BCUT2D eigenvalue weighted by Crippen LogP contribution is 2.29. The van der Waals surface area contributed by atoms with Gasteiger partial charge in [0.15, 0.2) is 5.13 Å². The minimum absolute atomic E-state index is 0.00713. The SMILES string of the molecule is CCCC(=O)Nc1nc2ccc(NC(=O)C(C)C3CNC3)cc2s1. The quantitative estimate of drug-likeness (QED) is 0.751. The fourth-order valence-corrected chi connectivity index (χ4v) is 3.52. The van der Waals surface area contributed by atoms with E-state index in [-0.39, 0.29) is 17.7 Å². The van der Waals surface area contributed by atoms with Crippen molar-refractivity contribution in [1.29, 1.82) is 0 Å². The van der Waals surface area contributed by atoms with Crippen LogP contribution in [0.25, 0.3) is 10.2 Å². The second-order valence-electron chi connectivity index (χ2n) is 6.20. The number of nitrogens with one attached hydrogen (secondary N) is 3. The first-order valence-electron chi connectivity index (χ1n) is 8.29. The molecule has 24 heavy (non-hydrogen) atoms. The Morgan fingerprint density at radius 1 is 1.38 bits per heavy atom. The summed E-state index contributed by atoms with van der Waals surface area (Å²) in [5, 5.41) is 9.58. The van der Waals surface area contributed by atoms with Crippen molar-refractivity contribution in [2.45, 2.75) is 26.7 Å². The molecule has 2 amide bonds. The number of rotatable bonds is 6. The fraction of sp³-hybridized carbons (Fsp3) is 0.471. The molecule has 7 heteroatoms. The first-order valence-corrected chi connectivity index (χ1v) is 9.10. The number of amides is 2. The molecule has 0 aliphatic carbocycles. The van der Waals surface area contributed by atoms with Crippen molar-refractivity contribution in [1.82, 2.24) is 10.3 Å². The molecule has 3 rings (SSSR count). The van der Waals surface area contributed by atoms with Gasteiger partial charge in [-0.15, -0.1) is 0 Å². The van der Waals surface area contributed by atoms with Crippen LogP contribution in [0.5, 0.6) is 0 Å². The number of aromatic nitrogens is 1. The lowest BCUT2D eigenvalue weighted by Crippen LogP contribution is -2.48. The van der Waals surface area contributed by atoms with E-state index in [0.717, 1.165) is 35.4 Å². The van der Waals surface area contributed by atoms with Crippen molar-refractivity contribution in [3.8, 4) is 0 Å². The van der Waals surface area contributed by atoms with Crippen molar-refractivity contribution in [2.24, 2.45) is 11.8 Å². The number of anilines is 2. The summed E-state index contributed by atoms with van der Waals surface area (Å²) in [5.74, 6) is 0.430. The highest BCUT2D eigenvalue weighted by molar-refractivity contribution is 7.22. The largest absolute Gasteiger partial charge is 0.326 e. The molecule has 2 aromatic rings. The van der Waals surface area contributed by atoms with Gasteiger partial charge in [-0.25, -0.2) is 4.98 Å². The van der Waals surface area contributed by atoms with Crippen LogP contribution in [0.1, 0.15) is 26.7 Å². The third kappa shape index (κ3) is 3.73. The van der Waals surface area contributed by atoms with E-state index in [1.807, 2.05) is 32.0 Å². The van der Waals surface area contributed by atoms with Crippen LogP contribution >= 0.6 is 11.3 Å². The van der Waals surface area contributed by atoms with Crippen LogP contribution in [0.4, 0.5) is 10.8 Å². The number of thiazole rings is 1. The number of benzene rings is 1. The standard InChI is InChI=1S/C17H22N4O2S/c1-3-4-15(22)21-17-20-13-6-5-12(7-14(13)24-17)19-16(23)10(2)11-8-18-9-11/h5-7,10-11,18H,3-4,8-9H2,1-2H3,(H,19,23)(H,20,21,22). The van der Waals surface area contributed by atoms with E-state index in [1.54, 1.807) is 0 Å². The number of hydrogen-bond donors (Lipinski definition) is 3. The second-order valence-corrected chi connectivity index (χ2v) is 7.23. The molecular weight excluding hydrogens is 324 g/mol. The monoisotopic (exact) mass is 346 g/mol. The van der Waals surface area contributed by atoms with E-state index in [0.29, 0.717) is 17.5 Å². The van der Waals surface area contributed by atoms with Crippen LogP contribution in [0, 0.1) is 11.8 Å². The van der Waals surface area contributed by atoms with Crippen LogP contribution in [0.15, 0.2) is 18.2 Å². The van der Waals surface area contributed by atoms with Crippen LogP contribution in [-0.4, -0.2) is 29.9 Å². The van der Waals surface area contributed by atoms with Crippen LogP contribution in [-0.2, 0) is 9.59 Å². The molecule has 0 bridgehead atoms. The molecule has 1 aromatic carbocycles. The molecule has 1 aliphatic rings. The van der Waals surface area contributed by atoms with Gasteiger partial charge >= 0.3 is 0 Å². The lowest BCUT2D eigenvalue weighted by atomic mass is 9.88. The minimum Gasteiger partial charge on any atom is -0.326 e. The van der Waals surface area contributed by atoms with Crippen molar-refractivity contribution in [3.05, 3.63) is 18.2 Å². The minimum atomic E-state index is -0.0204. The number of carbonyl (C=O) groups is 2. The maximum atomic E-state index is 12.3. The van der Waals surface area contributed by atoms with E-state index in [2.05, 4.69) is 20.9 Å². The summed E-state index contributed by atoms with van der Waals surface area (Å²) in [4.78, 5) is 28.4. The second kappa shape index (κ2) is 7.27. The van der Waals surface area contributed by atoms with Gasteiger partial charge in [0.2, 0.25) is 11.8 Å². The number of fused-ring (bicyclic) bond motifs is 1. The first-order chi connectivity index (χ1) is 11.6. The molecule has 6 nitrogen and oxygen atoms in total. The lowest BCUT2D eigenvalue weighted by molar-refractivity contribution is -0.121. The maximum absolute atomic E-state index is 12.3. The smallest absolute Gasteiger partial charge is 0.227 e. The van der Waals surface area contributed by atoms with Gasteiger partial charge in [-0.1, -0.05) is 25.2 Å². The predicted molar refractivity (Wildman–Crippen MR) is 97.3 cm³/mol. The van der Waals surface area contributed by atoms with Gasteiger partial charge in [-0.05, 0) is 43.6 Å². The summed E-state index contributed by atoms with van der Waals surface area (Å²) in [6, 6.07) is 5.63. The Kier molecular flexibility index (Phi) is 5.11. The fourth-order valence-electron chi connectivity index (χ4n) is 2.60. The van der Waals surface area contributed by atoms with Gasteiger partial charge in [0.05, 0.1) is 10.2 Å². The van der Waals surface area contributed by atoms with E-state index in [1.165, 1.54) is 11.3 Å². The number of hydrogen-bond acceptors (Lipinski definition) is 5. The average Bonchev–Trinajstić information content (AvgIpc) is 2.86. The number of carbonyl (C=O) groups excluding carboxylic acids is 2. The van der Waals surface area contributed by atoms with E-state index in [4.69, 9.17) is 0 Å². The van der Waals surface area contributed by atoms with Crippen molar-refractivity contribution in [2.75, 3.05) is 23.7 Å². The van der Waals surface area contributed by atoms with E-state index < -0.39 is 0 Å². The van der Waals surface area contributed by atoms with Gasteiger partial charge in [0.1, 0.15) is 0 Å². The Hall–Kier alpha value is -1.99. The summed E-state index contributed by atoms with van der Waals surface area (Å²) in [5.41, 5.74) is 1.59. The van der Waals surface area contributed by atoms with Gasteiger partial charge in [0.25, 0.3) is 0 Å². The van der Waals surface area contributed by atoms with Crippen molar-refractivity contribution < 1.29 is 9.59 Å². The van der Waals surface area contributed by atoms with E-state index in [9.17, 15) is 9.59 Å². The maximum Gasteiger partial charge on any atom is 0.227 e. The van der Waals surface area contributed by atoms with Gasteiger partial charge in [-0.2, -0.15) is 0 Å². The average molecular weight is 346 g/mol. The Morgan fingerprint density at radius 2 is 2.17 bits per heavy atom. The Bertz CT molecular complexity index is 754. The third-order valence-corrected chi connectivity index (χ3v) is 5.25. The Balaban J connectivity index is 1.68. The highest BCUT2D eigenvalue weighted by Gasteiger charge is 2.28. The zero-order valence-corrected chi connectivity index (χ0v) is 14.7. The molecule has 0 radical (unpaired) electrons. The van der Waals surface area contributed by atoms with Crippen molar-refractivity contribution >= 4 is 44.2 Å². The highest BCUT2D eigenvalue weighted by atomic mass is 32.1. The molecular formula is C17H22N4O2S.